The summed E-state index contributed by atoms with van der Waals surface area (Å²) < 4.78 is 8.68. The topological polar surface area (TPSA) is 13.1 Å². The molecule has 4 aromatic rings. The Morgan fingerprint density at radius 1 is 0.875 bits per heavy atom. The standard InChI is InChI=1S/C22H18NO/c1-13-11-12-15-7-6-10-18-20(15)19(13)21-22(24-18)14(2)16-8-4-5-9-17(16)23(21)3/h4-12H,1-3H3/q+1. The van der Waals surface area contributed by atoms with Crippen molar-refractivity contribution in [3.05, 3.63) is 65.7 Å². The SMILES string of the molecule is Cc1ccc2cccc3c2c1-c1c(c(C)c2ccccc2[n+]1C)O3. The second-order valence-corrected chi connectivity index (χ2v) is 6.59. The molecule has 0 unspecified atom stereocenters. The number of para-hydroxylation sites is 1. The third kappa shape index (κ3) is 1.58. The lowest BCUT2D eigenvalue weighted by Crippen LogP contribution is -2.34. The molecule has 0 aliphatic carbocycles. The summed E-state index contributed by atoms with van der Waals surface area (Å²) in [6, 6.07) is 19.2. The van der Waals surface area contributed by atoms with Crippen LogP contribution in [0.25, 0.3) is 32.9 Å². The van der Waals surface area contributed by atoms with Gasteiger partial charge in [-0.1, -0.05) is 36.4 Å². The Bertz CT molecular complexity index is 1160. The van der Waals surface area contributed by atoms with E-state index in [1.807, 2.05) is 0 Å². The zero-order chi connectivity index (χ0) is 16.4. The molecule has 0 atom stereocenters. The second kappa shape index (κ2) is 4.57. The van der Waals surface area contributed by atoms with Crippen molar-refractivity contribution >= 4 is 21.7 Å². The number of rotatable bonds is 0. The first kappa shape index (κ1) is 13.6. The largest absolute Gasteiger partial charge is 0.449 e. The van der Waals surface area contributed by atoms with Gasteiger partial charge in [-0.3, -0.25) is 0 Å². The predicted octanol–water partition coefficient (Wildman–Crippen LogP) is 5.21. The van der Waals surface area contributed by atoms with E-state index in [9.17, 15) is 0 Å². The number of ether oxygens (including phenoxy) is 1. The van der Waals surface area contributed by atoms with Gasteiger partial charge >= 0.3 is 0 Å². The molecule has 0 bridgehead atoms. The molecule has 0 N–H and O–H groups in total. The van der Waals surface area contributed by atoms with Gasteiger partial charge in [-0.05, 0) is 36.9 Å². The zero-order valence-electron chi connectivity index (χ0n) is 14.1. The smallest absolute Gasteiger partial charge is 0.257 e. The van der Waals surface area contributed by atoms with Gasteiger partial charge in [0.2, 0.25) is 11.3 Å². The van der Waals surface area contributed by atoms with Crippen LogP contribution in [-0.2, 0) is 7.05 Å². The molecule has 1 aliphatic heterocycles. The molecule has 116 valence electrons. The Labute approximate surface area is 140 Å². The Balaban J connectivity index is 2.06. The maximum atomic E-state index is 6.40. The molecular weight excluding hydrogens is 294 g/mol. The number of aromatic nitrogens is 1. The van der Waals surface area contributed by atoms with Gasteiger partial charge in [-0.2, -0.15) is 4.57 Å². The third-order valence-corrected chi connectivity index (χ3v) is 5.22. The first-order chi connectivity index (χ1) is 11.7. The minimum Gasteiger partial charge on any atom is -0.449 e. The molecule has 2 nitrogen and oxygen atoms in total. The number of fused-ring (bicyclic) bond motifs is 3. The van der Waals surface area contributed by atoms with Crippen LogP contribution in [0.3, 0.4) is 0 Å². The van der Waals surface area contributed by atoms with Crippen LogP contribution in [0.5, 0.6) is 11.5 Å². The highest BCUT2D eigenvalue weighted by Crippen LogP contribution is 2.48. The van der Waals surface area contributed by atoms with E-state index in [-0.39, 0.29) is 0 Å². The fraction of sp³-hybridized carbons (Fsp3) is 0.136. The lowest BCUT2D eigenvalue weighted by molar-refractivity contribution is -0.633. The van der Waals surface area contributed by atoms with Gasteiger partial charge in [0, 0.05) is 17.0 Å². The molecule has 5 rings (SSSR count). The highest BCUT2D eigenvalue weighted by molar-refractivity contribution is 6.05. The van der Waals surface area contributed by atoms with Crippen LogP contribution in [0.1, 0.15) is 11.1 Å². The van der Waals surface area contributed by atoms with Crippen molar-refractivity contribution in [2.75, 3.05) is 0 Å². The summed E-state index contributed by atoms with van der Waals surface area (Å²) in [7, 11) is 2.14. The summed E-state index contributed by atoms with van der Waals surface area (Å²) in [5, 5.41) is 3.68. The highest BCUT2D eigenvalue weighted by atomic mass is 16.5. The second-order valence-electron chi connectivity index (χ2n) is 6.59. The summed E-state index contributed by atoms with van der Waals surface area (Å²) in [4.78, 5) is 0. The Morgan fingerprint density at radius 3 is 2.58 bits per heavy atom. The quantitative estimate of drug-likeness (QED) is 0.358. The van der Waals surface area contributed by atoms with Crippen molar-refractivity contribution < 1.29 is 9.30 Å². The first-order valence-corrected chi connectivity index (χ1v) is 8.28. The average molecular weight is 312 g/mol. The van der Waals surface area contributed by atoms with E-state index >= 15 is 0 Å². The van der Waals surface area contributed by atoms with E-state index < -0.39 is 0 Å². The number of nitrogens with zero attached hydrogens (tertiary/aromatic N) is 1. The summed E-state index contributed by atoms with van der Waals surface area (Å²) in [5.74, 6) is 1.93. The number of aryl methyl sites for hydroxylation is 3. The predicted molar refractivity (Wildman–Crippen MR) is 97.6 cm³/mol. The summed E-state index contributed by atoms with van der Waals surface area (Å²) in [5.41, 5.74) is 6.18. The molecule has 0 saturated carbocycles. The molecule has 0 fully saturated rings. The van der Waals surface area contributed by atoms with Crippen molar-refractivity contribution in [1.82, 2.24) is 0 Å². The van der Waals surface area contributed by atoms with Crippen LogP contribution in [-0.4, -0.2) is 0 Å². The number of pyridine rings is 1. The normalized spacial score (nSPS) is 12.3. The van der Waals surface area contributed by atoms with Gasteiger partial charge < -0.3 is 4.74 Å². The fourth-order valence-corrected chi connectivity index (χ4v) is 4.01. The molecule has 0 spiro atoms. The van der Waals surface area contributed by atoms with Crippen molar-refractivity contribution in [3.8, 4) is 22.8 Å². The zero-order valence-corrected chi connectivity index (χ0v) is 14.1. The molecule has 2 heteroatoms. The van der Waals surface area contributed by atoms with Gasteiger partial charge in [0.05, 0.1) is 10.9 Å². The molecule has 2 heterocycles. The molecule has 1 aromatic heterocycles. The average Bonchev–Trinajstić information content (AvgIpc) is 2.62. The van der Waals surface area contributed by atoms with E-state index in [1.165, 1.54) is 44.1 Å². The van der Waals surface area contributed by atoms with E-state index in [0.29, 0.717) is 0 Å². The molecule has 3 aromatic carbocycles. The molecule has 0 saturated heterocycles. The molecule has 1 aliphatic rings. The molecule has 24 heavy (non-hydrogen) atoms. The maximum absolute atomic E-state index is 6.40. The Morgan fingerprint density at radius 2 is 1.71 bits per heavy atom. The van der Waals surface area contributed by atoms with Crippen LogP contribution in [0, 0.1) is 13.8 Å². The van der Waals surface area contributed by atoms with Crippen LogP contribution in [0.2, 0.25) is 0 Å². The molecule has 0 radical (unpaired) electrons. The van der Waals surface area contributed by atoms with E-state index in [4.69, 9.17) is 4.74 Å². The van der Waals surface area contributed by atoms with Gasteiger partial charge in [-0.15, -0.1) is 0 Å². The minimum absolute atomic E-state index is 0.956. The van der Waals surface area contributed by atoms with Crippen LogP contribution >= 0.6 is 0 Å². The monoisotopic (exact) mass is 312 g/mol. The van der Waals surface area contributed by atoms with Crippen LogP contribution < -0.4 is 9.30 Å². The van der Waals surface area contributed by atoms with Gasteiger partial charge in [0.25, 0.3) is 5.69 Å². The highest BCUT2D eigenvalue weighted by Gasteiger charge is 2.32. The van der Waals surface area contributed by atoms with E-state index in [0.717, 1.165) is 11.5 Å². The number of benzene rings is 3. The van der Waals surface area contributed by atoms with Crippen molar-refractivity contribution in [2.24, 2.45) is 7.05 Å². The Kier molecular flexibility index (Phi) is 2.58. The first-order valence-electron chi connectivity index (χ1n) is 8.28. The molecule has 0 amide bonds. The van der Waals surface area contributed by atoms with E-state index in [1.54, 1.807) is 0 Å². The van der Waals surface area contributed by atoms with Gasteiger partial charge in [0.1, 0.15) is 12.8 Å². The lowest BCUT2D eigenvalue weighted by Gasteiger charge is -2.22. The number of hydrogen-bond donors (Lipinski definition) is 0. The molecular formula is C22H18NO+. The Hall–Kier alpha value is -2.87. The van der Waals surface area contributed by atoms with Crippen LogP contribution in [0.4, 0.5) is 0 Å². The van der Waals surface area contributed by atoms with Crippen LogP contribution in [0.15, 0.2) is 54.6 Å². The van der Waals surface area contributed by atoms with Crippen molar-refractivity contribution in [1.29, 1.82) is 0 Å². The van der Waals surface area contributed by atoms with Gasteiger partial charge in [0.15, 0.2) is 0 Å². The summed E-state index contributed by atoms with van der Waals surface area (Å²) >= 11 is 0. The summed E-state index contributed by atoms with van der Waals surface area (Å²) in [6.07, 6.45) is 0. The van der Waals surface area contributed by atoms with E-state index in [2.05, 4.69) is 80.1 Å². The maximum Gasteiger partial charge on any atom is 0.257 e. The summed E-state index contributed by atoms with van der Waals surface area (Å²) in [6.45, 7) is 4.34. The fourth-order valence-electron chi connectivity index (χ4n) is 4.01. The lowest BCUT2D eigenvalue weighted by atomic mass is 9.92. The third-order valence-electron chi connectivity index (χ3n) is 5.22. The minimum atomic E-state index is 0.956. The number of hydrogen-bond acceptors (Lipinski definition) is 1. The van der Waals surface area contributed by atoms with Crippen molar-refractivity contribution in [2.45, 2.75) is 13.8 Å². The van der Waals surface area contributed by atoms with Crippen molar-refractivity contribution in [3.63, 3.8) is 0 Å². The van der Waals surface area contributed by atoms with Gasteiger partial charge in [-0.25, -0.2) is 0 Å².